The number of nitrogens with zero attached hydrogens (tertiary/aromatic N) is 3. The van der Waals surface area contributed by atoms with Gasteiger partial charge in [0.1, 0.15) is 5.82 Å². The Morgan fingerprint density at radius 3 is 3.00 bits per heavy atom. The van der Waals surface area contributed by atoms with Crippen LogP contribution in [-0.4, -0.2) is 47.2 Å². The molecule has 0 aliphatic carbocycles. The molecular formula is C15H27ClN4. The van der Waals surface area contributed by atoms with E-state index in [0.29, 0.717) is 11.3 Å². The van der Waals surface area contributed by atoms with Crippen LogP contribution in [0.5, 0.6) is 0 Å². The number of imidazole rings is 1. The van der Waals surface area contributed by atoms with Crippen molar-refractivity contribution in [1.82, 2.24) is 19.8 Å². The third-order valence-electron chi connectivity index (χ3n) is 4.79. The average molecular weight is 299 g/mol. The minimum Gasteiger partial charge on any atom is -0.338 e. The second-order valence-corrected chi connectivity index (χ2v) is 6.71. The van der Waals surface area contributed by atoms with Crippen LogP contribution in [0.25, 0.3) is 0 Å². The Labute approximate surface area is 128 Å². The van der Waals surface area contributed by atoms with E-state index in [1.807, 2.05) is 6.20 Å². The number of rotatable bonds is 3. The predicted molar refractivity (Wildman–Crippen MR) is 84.5 cm³/mol. The lowest BCUT2D eigenvalue weighted by Gasteiger charge is -2.37. The first kappa shape index (κ1) is 15.8. The Hall–Kier alpha value is -0.580. The van der Waals surface area contributed by atoms with E-state index in [1.54, 1.807) is 0 Å². The molecule has 20 heavy (non-hydrogen) atoms. The molecule has 3 rings (SSSR count). The molecule has 4 nitrogen and oxygen atoms in total. The molecule has 2 unspecified atom stereocenters. The molecule has 114 valence electrons. The van der Waals surface area contributed by atoms with Gasteiger partial charge in [0.15, 0.2) is 0 Å². The number of halogens is 1. The lowest BCUT2D eigenvalue weighted by molar-refractivity contribution is 0.138. The van der Waals surface area contributed by atoms with Crippen molar-refractivity contribution in [2.45, 2.75) is 32.1 Å². The van der Waals surface area contributed by atoms with Crippen molar-refractivity contribution in [2.75, 3.05) is 32.7 Å². The zero-order valence-corrected chi connectivity index (χ0v) is 13.5. The highest BCUT2D eigenvalue weighted by molar-refractivity contribution is 5.85. The summed E-state index contributed by atoms with van der Waals surface area (Å²) < 4.78 is 2.19. The van der Waals surface area contributed by atoms with Crippen molar-refractivity contribution in [3.8, 4) is 0 Å². The van der Waals surface area contributed by atoms with Crippen molar-refractivity contribution in [3.63, 3.8) is 0 Å². The molecule has 2 fully saturated rings. The van der Waals surface area contributed by atoms with E-state index in [-0.39, 0.29) is 12.4 Å². The van der Waals surface area contributed by atoms with Gasteiger partial charge in [-0.3, -0.25) is 0 Å². The van der Waals surface area contributed by atoms with Crippen LogP contribution in [0.4, 0.5) is 0 Å². The minimum atomic E-state index is 0. The van der Waals surface area contributed by atoms with Gasteiger partial charge in [0.05, 0.1) is 0 Å². The predicted octanol–water partition coefficient (Wildman–Crippen LogP) is 2.02. The summed E-state index contributed by atoms with van der Waals surface area (Å²) >= 11 is 0. The van der Waals surface area contributed by atoms with Crippen molar-refractivity contribution in [2.24, 2.45) is 12.5 Å². The zero-order chi connectivity index (χ0) is 13.3. The quantitative estimate of drug-likeness (QED) is 0.927. The molecule has 0 radical (unpaired) electrons. The maximum atomic E-state index is 4.55. The molecule has 5 heteroatoms. The Balaban J connectivity index is 0.00000147. The van der Waals surface area contributed by atoms with Crippen molar-refractivity contribution >= 4 is 12.4 Å². The van der Waals surface area contributed by atoms with Crippen LogP contribution in [0.3, 0.4) is 0 Å². The van der Waals surface area contributed by atoms with E-state index >= 15 is 0 Å². The highest BCUT2D eigenvalue weighted by atomic mass is 35.5. The fourth-order valence-corrected chi connectivity index (χ4v) is 3.72. The summed E-state index contributed by atoms with van der Waals surface area (Å²) in [5.74, 6) is 1.88. The van der Waals surface area contributed by atoms with E-state index in [4.69, 9.17) is 0 Å². The highest BCUT2D eigenvalue weighted by Gasteiger charge is 2.33. The molecule has 0 spiro atoms. The Morgan fingerprint density at radius 2 is 2.35 bits per heavy atom. The number of aryl methyl sites for hydroxylation is 1. The maximum Gasteiger partial charge on any atom is 0.112 e. The lowest BCUT2D eigenvalue weighted by Crippen LogP contribution is -2.42. The summed E-state index contributed by atoms with van der Waals surface area (Å²) in [7, 11) is 2.11. The van der Waals surface area contributed by atoms with Gasteiger partial charge in [-0.2, -0.15) is 0 Å². The van der Waals surface area contributed by atoms with Crippen LogP contribution < -0.4 is 5.32 Å². The SMILES string of the molecule is Cl.Cn1ccnc1C1CCCN(CC2(C)CCNC2)C1. The number of hydrogen-bond acceptors (Lipinski definition) is 3. The van der Waals surface area contributed by atoms with E-state index in [0.717, 1.165) is 0 Å². The molecule has 0 amide bonds. The second-order valence-electron chi connectivity index (χ2n) is 6.71. The molecule has 0 saturated carbocycles. The molecule has 2 saturated heterocycles. The molecule has 2 atom stereocenters. The van der Waals surface area contributed by atoms with Crippen molar-refractivity contribution < 1.29 is 0 Å². The highest BCUT2D eigenvalue weighted by Crippen LogP contribution is 2.30. The molecule has 1 aromatic rings. The summed E-state index contributed by atoms with van der Waals surface area (Å²) in [6, 6.07) is 0. The first-order valence-corrected chi connectivity index (χ1v) is 7.57. The maximum absolute atomic E-state index is 4.55. The monoisotopic (exact) mass is 298 g/mol. The van der Waals surface area contributed by atoms with E-state index < -0.39 is 0 Å². The molecule has 2 aliphatic rings. The van der Waals surface area contributed by atoms with Crippen LogP contribution >= 0.6 is 12.4 Å². The molecule has 2 aliphatic heterocycles. The average Bonchev–Trinajstić information content (AvgIpc) is 2.99. The summed E-state index contributed by atoms with van der Waals surface area (Å²) in [5.41, 5.74) is 0.476. The normalized spacial score (nSPS) is 31.2. The number of piperidine rings is 1. The third-order valence-corrected chi connectivity index (χ3v) is 4.79. The first-order valence-electron chi connectivity index (χ1n) is 7.57. The molecular weight excluding hydrogens is 272 g/mol. The largest absolute Gasteiger partial charge is 0.338 e. The van der Waals surface area contributed by atoms with E-state index in [9.17, 15) is 0 Å². The fourth-order valence-electron chi connectivity index (χ4n) is 3.72. The number of hydrogen-bond donors (Lipinski definition) is 1. The Morgan fingerprint density at radius 1 is 1.50 bits per heavy atom. The molecule has 0 bridgehead atoms. The molecule has 1 N–H and O–H groups in total. The van der Waals surface area contributed by atoms with Crippen molar-refractivity contribution in [1.29, 1.82) is 0 Å². The number of likely N-dealkylation sites (tertiary alicyclic amines) is 1. The summed E-state index contributed by atoms with van der Waals surface area (Å²) in [5, 5.41) is 3.51. The molecule has 0 aromatic carbocycles. The molecule has 3 heterocycles. The van der Waals surface area contributed by atoms with Crippen LogP contribution in [0.15, 0.2) is 12.4 Å². The standard InChI is InChI=1S/C15H26N4.ClH/c1-15(5-6-16-11-15)12-19-8-3-4-13(10-19)14-17-7-9-18(14)2;/h7,9,13,16H,3-6,8,10-12H2,1-2H3;1H. The summed E-state index contributed by atoms with van der Waals surface area (Å²) in [6.07, 6.45) is 7.90. The topological polar surface area (TPSA) is 33.1 Å². The van der Waals surface area contributed by atoms with Crippen LogP contribution in [0.1, 0.15) is 37.9 Å². The van der Waals surface area contributed by atoms with Crippen LogP contribution in [-0.2, 0) is 7.05 Å². The lowest BCUT2D eigenvalue weighted by atomic mass is 9.87. The third kappa shape index (κ3) is 3.35. The first-order chi connectivity index (χ1) is 9.16. The summed E-state index contributed by atoms with van der Waals surface area (Å²) in [4.78, 5) is 7.21. The van der Waals surface area contributed by atoms with Gasteiger partial charge in [0.2, 0.25) is 0 Å². The van der Waals surface area contributed by atoms with Gasteiger partial charge in [0, 0.05) is 45.0 Å². The number of nitrogens with one attached hydrogen (secondary N) is 1. The van der Waals surface area contributed by atoms with Gasteiger partial charge in [0.25, 0.3) is 0 Å². The zero-order valence-electron chi connectivity index (χ0n) is 12.6. The molecule has 1 aromatic heterocycles. The second kappa shape index (κ2) is 6.46. The Kier molecular flexibility index (Phi) is 5.10. The van der Waals surface area contributed by atoms with Gasteiger partial charge < -0.3 is 14.8 Å². The van der Waals surface area contributed by atoms with Crippen molar-refractivity contribution in [3.05, 3.63) is 18.2 Å². The number of aromatic nitrogens is 2. The summed E-state index contributed by atoms with van der Waals surface area (Å²) in [6.45, 7) is 8.47. The van der Waals surface area contributed by atoms with E-state index in [1.165, 1.54) is 57.8 Å². The van der Waals surface area contributed by atoms with E-state index in [2.05, 4.69) is 39.9 Å². The van der Waals surface area contributed by atoms with Crippen LogP contribution in [0.2, 0.25) is 0 Å². The van der Waals surface area contributed by atoms with Gasteiger partial charge in [-0.15, -0.1) is 12.4 Å². The minimum absolute atomic E-state index is 0. The van der Waals surface area contributed by atoms with Gasteiger partial charge in [-0.05, 0) is 37.8 Å². The van der Waals surface area contributed by atoms with Gasteiger partial charge >= 0.3 is 0 Å². The smallest absolute Gasteiger partial charge is 0.112 e. The Bertz CT molecular complexity index is 425. The van der Waals surface area contributed by atoms with Crippen LogP contribution in [0, 0.1) is 5.41 Å². The fraction of sp³-hybridized carbons (Fsp3) is 0.800. The van der Waals surface area contributed by atoms with Gasteiger partial charge in [-0.1, -0.05) is 6.92 Å². The van der Waals surface area contributed by atoms with Gasteiger partial charge in [-0.25, -0.2) is 4.98 Å².